The van der Waals surface area contributed by atoms with Gasteiger partial charge in [-0.15, -0.1) is 0 Å². The lowest BCUT2D eigenvalue weighted by Crippen LogP contribution is -2.03. The largest absolute Gasteiger partial charge is 0.399 e. The Labute approximate surface area is 107 Å². The molecule has 0 bridgehead atoms. The molecule has 0 aliphatic carbocycles. The molecule has 0 aliphatic heterocycles. The summed E-state index contributed by atoms with van der Waals surface area (Å²) in [5, 5.41) is 4.42. The molecule has 0 radical (unpaired) electrons. The molecule has 1 aromatic rings. The Kier molecular flexibility index (Phi) is 5.78. The van der Waals surface area contributed by atoms with Crippen molar-refractivity contribution in [1.82, 2.24) is 0 Å². The van der Waals surface area contributed by atoms with E-state index in [0.717, 1.165) is 18.7 Å². The second-order valence-corrected chi connectivity index (χ2v) is 4.66. The predicted molar refractivity (Wildman–Crippen MR) is 73.5 cm³/mol. The fourth-order valence-corrected chi connectivity index (χ4v) is 2.16. The van der Waals surface area contributed by atoms with Crippen molar-refractivity contribution in [2.75, 3.05) is 17.6 Å². The van der Waals surface area contributed by atoms with Gasteiger partial charge in [0.1, 0.15) is 0 Å². The molecule has 4 heteroatoms. The van der Waals surface area contributed by atoms with Gasteiger partial charge in [-0.2, -0.15) is 0 Å². The van der Waals surface area contributed by atoms with Crippen molar-refractivity contribution in [3.8, 4) is 0 Å². The van der Waals surface area contributed by atoms with Crippen molar-refractivity contribution in [3.63, 3.8) is 0 Å². The van der Waals surface area contributed by atoms with E-state index in [1.54, 1.807) is 12.1 Å². The summed E-state index contributed by atoms with van der Waals surface area (Å²) in [7, 11) is 0. The number of nitrogens with one attached hydrogen (secondary N) is 1. The molecule has 1 rings (SSSR count). The van der Waals surface area contributed by atoms with Crippen LogP contribution >= 0.6 is 23.2 Å². The number of benzene rings is 1. The lowest BCUT2D eigenvalue weighted by molar-refractivity contribution is 0.685. The molecular weight excluding hydrogens is 243 g/mol. The molecule has 2 nitrogen and oxygen atoms in total. The third-order valence-electron chi connectivity index (χ3n) is 2.40. The van der Waals surface area contributed by atoms with Crippen LogP contribution in [0.1, 0.15) is 32.6 Å². The molecule has 16 heavy (non-hydrogen) atoms. The van der Waals surface area contributed by atoms with Crippen LogP contribution in [0.3, 0.4) is 0 Å². The van der Waals surface area contributed by atoms with Crippen LogP contribution in [-0.4, -0.2) is 6.54 Å². The second kappa shape index (κ2) is 6.87. The highest BCUT2D eigenvalue weighted by atomic mass is 35.5. The molecule has 0 spiro atoms. The Hall–Kier alpha value is -0.600. The average Bonchev–Trinajstić information content (AvgIpc) is 2.20. The van der Waals surface area contributed by atoms with Crippen molar-refractivity contribution < 1.29 is 0 Å². The van der Waals surface area contributed by atoms with Gasteiger partial charge in [-0.1, -0.05) is 49.4 Å². The van der Waals surface area contributed by atoms with Crippen LogP contribution in [0.15, 0.2) is 12.1 Å². The maximum atomic E-state index is 6.05. The zero-order chi connectivity index (χ0) is 12.0. The highest BCUT2D eigenvalue weighted by Gasteiger charge is 2.06. The Morgan fingerprint density at radius 1 is 1.12 bits per heavy atom. The van der Waals surface area contributed by atoms with E-state index in [9.17, 15) is 0 Å². The molecule has 0 heterocycles. The molecule has 3 N–H and O–H groups in total. The number of nitrogen functional groups attached to an aromatic ring is 1. The molecular formula is C12H18Cl2N2. The first-order valence-corrected chi connectivity index (χ1v) is 6.39. The van der Waals surface area contributed by atoms with Crippen LogP contribution in [-0.2, 0) is 0 Å². The summed E-state index contributed by atoms with van der Waals surface area (Å²) >= 11 is 12.1. The van der Waals surface area contributed by atoms with Gasteiger partial charge in [0.05, 0.1) is 15.7 Å². The summed E-state index contributed by atoms with van der Waals surface area (Å²) in [5.41, 5.74) is 7.00. The molecule has 0 saturated carbocycles. The van der Waals surface area contributed by atoms with Crippen LogP contribution in [0, 0.1) is 0 Å². The van der Waals surface area contributed by atoms with E-state index >= 15 is 0 Å². The number of halogens is 2. The van der Waals surface area contributed by atoms with E-state index in [0.29, 0.717) is 15.7 Å². The van der Waals surface area contributed by atoms with E-state index in [-0.39, 0.29) is 0 Å². The van der Waals surface area contributed by atoms with Crippen molar-refractivity contribution in [1.29, 1.82) is 0 Å². The summed E-state index contributed by atoms with van der Waals surface area (Å²) in [6.45, 7) is 3.09. The van der Waals surface area contributed by atoms with Crippen LogP contribution in [0.4, 0.5) is 11.4 Å². The SMILES string of the molecule is CCCCCCNc1c(Cl)cc(N)cc1Cl. The average molecular weight is 261 g/mol. The molecule has 0 saturated heterocycles. The number of hydrogen-bond donors (Lipinski definition) is 2. The molecule has 0 atom stereocenters. The molecule has 0 unspecified atom stereocenters. The zero-order valence-corrected chi connectivity index (χ0v) is 11.0. The fourth-order valence-electron chi connectivity index (χ4n) is 1.53. The highest BCUT2D eigenvalue weighted by molar-refractivity contribution is 6.39. The number of rotatable bonds is 6. The summed E-state index contributed by atoms with van der Waals surface area (Å²) in [4.78, 5) is 0. The molecule has 1 aromatic carbocycles. The lowest BCUT2D eigenvalue weighted by Gasteiger charge is -2.11. The number of anilines is 2. The second-order valence-electron chi connectivity index (χ2n) is 3.85. The first-order valence-electron chi connectivity index (χ1n) is 5.63. The summed E-state index contributed by atoms with van der Waals surface area (Å²) in [6, 6.07) is 3.42. The van der Waals surface area contributed by atoms with Crippen LogP contribution in [0.5, 0.6) is 0 Å². The number of hydrogen-bond acceptors (Lipinski definition) is 2. The third kappa shape index (κ3) is 4.11. The smallest absolute Gasteiger partial charge is 0.0720 e. The van der Waals surface area contributed by atoms with Crippen molar-refractivity contribution >= 4 is 34.6 Å². The maximum absolute atomic E-state index is 6.05. The molecule has 0 amide bonds. The van der Waals surface area contributed by atoms with E-state index in [1.165, 1.54) is 19.3 Å². The van der Waals surface area contributed by atoms with Gasteiger partial charge in [0.15, 0.2) is 0 Å². The fraction of sp³-hybridized carbons (Fsp3) is 0.500. The van der Waals surface area contributed by atoms with Gasteiger partial charge in [-0.3, -0.25) is 0 Å². The monoisotopic (exact) mass is 260 g/mol. The zero-order valence-electron chi connectivity index (χ0n) is 9.52. The standard InChI is InChI=1S/C12H18Cl2N2/c1-2-3-4-5-6-16-12-10(13)7-9(15)8-11(12)14/h7-8,16H,2-6,15H2,1H3. The Morgan fingerprint density at radius 2 is 1.75 bits per heavy atom. The predicted octanol–water partition coefficient (Wildman–Crippen LogP) is 4.57. The van der Waals surface area contributed by atoms with Crippen molar-refractivity contribution in [3.05, 3.63) is 22.2 Å². The van der Waals surface area contributed by atoms with Gasteiger partial charge in [0.2, 0.25) is 0 Å². The molecule has 0 aliphatic rings. The first kappa shape index (κ1) is 13.5. The van der Waals surface area contributed by atoms with Gasteiger partial charge in [0, 0.05) is 12.2 Å². The summed E-state index contributed by atoms with van der Waals surface area (Å²) in [5.74, 6) is 0. The number of nitrogens with two attached hydrogens (primary N) is 1. The molecule has 90 valence electrons. The van der Waals surface area contributed by atoms with Gasteiger partial charge < -0.3 is 11.1 Å². The van der Waals surface area contributed by atoms with Gasteiger partial charge in [-0.25, -0.2) is 0 Å². The quantitative estimate of drug-likeness (QED) is 0.581. The van der Waals surface area contributed by atoms with Gasteiger partial charge in [0.25, 0.3) is 0 Å². The lowest BCUT2D eigenvalue weighted by atomic mass is 10.2. The van der Waals surface area contributed by atoms with Crippen molar-refractivity contribution in [2.45, 2.75) is 32.6 Å². The van der Waals surface area contributed by atoms with E-state index in [2.05, 4.69) is 12.2 Å². The molecule has 0 aromatic heterocycles. The third-order valence-corrected chi connectivity index (χ3v) is 2.99. The Bertz CT molecular complexity index is 317. The minimum atomic E-state index is 0.584. The van der Waals surface area contributed by atoms with E-state index in [1.807, 2.05) is 0 Å². The minimum Gasteiger partial charge on any atom is -0.399 e. The van der Waals surface area contributed by atoms with Gasteiger partial charge in [-0.05, 0) is 18.6 Å². The van der Waals surface area contributed by atoms with Crippen molar-refractivity contribution in [2.24, 2.45) is 0 Å². The summed E-state index contributed by atoms with van der Waals surface area (Å²) in [6.07, 6.45) is 4.87. The van der Waals surface area contributed by atoms with Crippen LogP contribution in [0.2, 0.25) is 10.0 Å². The van der Waals surface area contributed by atoms with Crippen LogP contribution in [0.25, 0.3) is 0 Å². The highest BCUT2D eigenvalue weighted by Crippen LogP contribution is 2.32. The van der Waals surface area contributed by atoms with Crippen LogP contribution < -0.4 is 11.1 Å². The van der Waals surface area contributed by atoms with E-state index < -0.39 is 0 Å². The topological polar surface area (TPSA) is 38.0 Å². The molecule has 0 fully saturated rings. The Balaban J connectivity index is 2.47. The number of unbranched alkanes of at least 4 members (excludes halogenated alkanes) is 3. The van der Waals surface area contributed by atoms with Gasteiger partial charge >= 0.3 is 0 Å². The Morgan fingerprint density at radius 3 is 2.31 bits per heavy atom. The first-order chi connectivity index (χ1) is 7.65. The maximum Gasteiger partial charge on any atom is 0.0720 e. The minimum absolute atomic E-state index is 0.584. The van der Waals surface area contributed by atoms with E-state index in [4.69, 9.17) is 28.9 Å². The normalized spacial score (nSPS) is 10.4. The summed E-state index contributed by atoms with van der Waals surface area (Å²) < 4.78 is 0.